The Bertz CT molecular complexity index is 517. The second-order valence-electron chi connectivity index (χ2n) is 2.68. The molecule has 0 saturated heterocycles. The molecule has 0 aliphatic rings. The van der Waals surface area contributed by atoms with Gasteiger partial charge in [-0.05, 0) is 23.9 Å². The molecule has 2 aromatic rings. The summed E-state index contributed by atoms with van der Waals surface area (Å²) in [6, 6.07) is 5.42. The molecule has 0 atom stereocenters. The fourth-order valence-corrected chi connectivity index (χ4v) is 1.70. The summed E-state index contributed by atoms with van der Waals surface area (Å²) in [5, 5.41) is 16.7. The molecule has 0 fully saturated rings. The number of nitriles is 1. The largest absolute Gasteiger partial charge is 0.416 e. The van der Waals surface area contributed by atoms with Gasteiger partial charge in [0.25, 0.3) is 5.22 Å². The van der Waals surface area contributed by atoms with Gasteiger partial charge >= 0.3 is 0 Å². The quantitative estimate of drug-likeness (QED) is 0.765. The van der Waals surface area contributed by atoms with Gasteiger partial charge in [0.15, 0.2) is 0 Å². The zero-order chi connectivity index (χ0) is 10.7. The summed E-state index contributed by atoms with van der Waals surface area (Å²) < 4.78 is 5.20. The Morgan fingerprint density at radius 2 is 2.33 bits per heavy atom. The monoisotopic (exact) mass is 218 g/mol. The molecule has 0 aliphatic carbocycles. The summed E-state index contributed by atoms with van der Waals surface area (Å²) in [4.78, 5) is 4.72. The number of aromatic nitrogens is 3. The maximum atomic E-state index is 8.66. The molecule has 0 N–H and O–H groups in total. The van der Waals surface area contributed by atoms with Gasteiger partial charge in [-0.25, -0.2) is 4.98 Å². The average molecular weight is 218 g/mol. The van der Waals surface area contributed by atoms with Crippen LogP contribution in [0.3, 0.4) is 0 Å². The molecule has 0 bridgehead atoms. The van der Waals surface area contributed by atoms with Crippen molar-refractivity contribution >= 4 is 11.8 Å². The molecule has 15 heavy (non-hydrogen) atoms. The normalized spacial score (nSPS) is 9.87. The van der Waals surface area contributed by atoms with E-state index in [9.17, 15) is 0 Å². The third kappa shape index (κ3) is 2.33. The minimum atomic E-state index is 0.372. The SMILES string of the molecule is Cc1nnc(Sc2ccnc(C#N)c2)o1. The molecule has 74 valence electrons. The summed E-state index contributed by atoms with van der Waals surface area (Å²) >= 11 is 1.31. The van der Waals surface area contributed by atoms with Crippen LogP contribution in [0.25, 0.3) is 0 Å². The number of pyridine rings is 1. The van der Waals surface area contributed by atoms with Crippen molar-refractivity contribution in [1.29, 1.82) is 5.26 Å². The second-order valence-corrected chi connectivity index (χ2v) is 3.70. The van der Waals surface area contributed by atoms with Crippen LogP contribution in [-0.4, -0.2) is 15.2 Å². The fourth-order valence-electron chi connectivity index (χ4n) is 0.956. The molecule has 5 nitrogen and oxygen atoms in total. The van der Waals surface area contributed by atoms with Gasteiger partial charge < -0.3 is 4.42 Å². The van der Waals surface area contributed by atoms with Crippen molar-refractivity contribution < 1.29 is 4.42 Å². The Morgan fingerprint density at radius 1 is 1.47 bits per heavy atom. The highest BCUT2D eigenvalue weighted by molar-refractivity contribution is 7.99. The molecule has 2 aromatic heterocycles. The number of hydrogen-bond acceptors (Lipinski definition) is 6. The van der Waals surface area contributed by atoms with E-state index in [0.29, 0.717) is 16.8 Å². The first kappa shape index (κ1) is 9.68. The van der Waals surface area contributed by atoms with Crippen LogP contribution >= 0.6 is 11.8 Å². The molecular weight excluding hydrogens is 212 g/mol. The van der Waals surface area contributed by atoms with E-state index in [2.05, 4.69) is 15.2 Å². The lowest BCUT2D eigenvalue weighted by Gasteiger charge is -1.95. The molecule has 2 rings (SSSR count). The third-order valence-corrected chi connectivity index (χ3v) is 2.39. The molecule has 0 unspecified atom stereocenters. The first-order valence-electron chi connectivity index (χ1n) is 4.12. The van der Waals surface area contributed by atoms with E-state index in [1.54, 1.807) is 25.3 Å². The number of nitrogens with zero attached hydrogens (tertiary/aromatic N) is 4. The summed E-state index contributed by atoms with van der Waals surface area (Å²) in [5.74, 6) is 0.520. The Morgan fingerprint density at radius 3 is 3.00 bits per heavy atom. The van der Waals surface area contributed by atoms with Gasteiger partial charge in [0, 0.05) is 18.0 Å². The van der Waals surface area contributed by atoms with Crippen molar-refractivity contribution in [2.45, 2.75) is 17.0 Å². The fraction of sp³-hybridized carbons (Fsp3) is 0.111. The van der Waals surface area contributed by atoms with Gasteiger partial charge in [-0.2, -0.15) is 5.26 Å². The smallest absolute Gasteiger partial charge is 0.281 e. The third-order valence-electron chi connectivity index (χ3n) is 1.56. The predicted octanol–water partition coefficient (Wildman–Crippen LogP) is 1.80. The van der Waals surface area contributed by atoms with Gasteiger partial charge in [-0.15, -0.1) is 10.2 Å². The minimum absolute atomic E-state index is 0.372. The van der Waals surface area contributed by atoms with E-state index < -0.39 is 0 Å². The van der Waals surface area contributed by atoms with Crippen LogP contribution in [0.15, 0.2) is 32.9 Å². The van der Waals surface area contributed by atoms with Crippen LogP contribution < -0.4 is 0 Å². The van der Waals surface area contributed by atoms with Crippen molar-refractivity contribution in [2.75, 3.05) is 0 Å². The van der Waals surface area contributed by atoms with Gasteiger partial charge in [-0.3, -0.25) is 0 Å². The van der Waals surface area contributed by atoms with Crippen LogP contribution in [0.1, 0.15) is 11.6 Å². The summed E-state index contributed by atoms with van der Waals surface area (Å²) in [6.45, 7) is 1.73. The van der Waals surface area contributed by atoms with E-state index in [0.717, 1.165) is 4.90 Å². The number of aryl methyl sites for hydroxylation is 1. The topological polar surface area (TPSA) is 75.6 Å². The molecule has 0 aromatic carbocycles. The van der Waals surface area contributed by atoms with Crippen molar-refractivity contribution in [1.82, 2.24) is 15.2 Å². The molecule has 0 radical (unpaired) electrons. The summed E-state index contributed by atoms with van der Waals surface area (Å²) in [5.41, 5.74) is 0.372. The van der Waals surface area contributed by atoms with E-state index in [-0.39, 0.29) is 0 Å². The average Bonchev–Trinajstić information content (AvgIpc) is 2.64. The Balaban J connectivity index is 2.21. The van der Waals surface area contributed by atoms with Crippen LogP contribution in [0.2, 0.25) is 0 Å². The lowest BCUT2D eigenvalue weighted by atomic mass is 10.4. The summed E-state index contributed by atoms with van der Waals surface area (Å²) in [7, 11) is 0. The number of hydrogen-bond donors (Lipinski definition) is 0. The van der Waals surface area contributed by atoms with Crippen LogP contribution in [0, 0.1) is 18.3 Å². The first-order valence-corrected chi connectivity index (χ1v) is 4.93. The lowest BCUT2D eigenvalue weighted by molar-refractivity contribution is 0.429. The van der Waals surface area contributed by atoms with Gasteiger partial charge in [0.1, 0.15) is 11.8 Å². The molecule has 0 spiro atoms. The number of rotatable bonds is 2. The zero-order valence-electron chi connectivity index (χ0n) is 7.84. The maximum absolute atomic E-state index is 8.66. The molecule has 6 heteroatoms. The van der Waals surface area contributed by atoms with Crippen molar-refractivity contribution in [3.05, 3.63) is 29.9 Å². The predicted molar refractivity (Wildman–Crippen MR) is 52.1 cm³/mol. The van der Waals surface area contributed by atoms with Gasteiger partial charge in [0.2, 0.25) is 5.89 Å². The molecule has 2 heterocycles. The van der Waals surface area contributed by atoms with E-state index in [1.165, 1.54) is 11.8 Å². The molecular formula is C9H6N4OS. The van der Waals surface area contributed by atoms with Gasteiger partial charge in [0.05, 0.1) is 0 Å². The van der Waals surface area contributed by atoms with Gasteiger partial charge in [-0.1, -0.05) is 0 Å². The molecule has 0 amide bonds. The van der Waals surface area contributed by atoms with E-state index in [1.807, 2.05) is 6.07 Å². The highest BCUT2D eigenvalue weighted by Crippen LogP contribution is 2.25. The molecule has 0 saturated carbocycles. The Labute approximate surface area is 90.2 Å². The molecule has 0 aliphatic heterocycles. The highest BCUT2D eigenvalue weighted by Gasteiger charge is 2.05. The Hall–Kier alpha value is -1.87. The zero-order valence-corrected chi connectivity index (χ0v) is 8.65. The standard InChI is InChI=1S/C9H6N4OS/c1-6-12-13-9(14-6)15-8-2-3-11-7(4-8)5-10/h2-4H,1H3. The van der Waals surface area contributed by atoms with Crippen molar-refractivity contribution in [3.63, 3.8) is 0 Å². The van der Waals surface area contributed by atoms with Crippen LogP contribution in [0.4, 0.5) is 0 Å². The second kappa shape index (κ2) is 4.11. The van der Waals surface area contributed by atoms with Crippen molar-refractivity contribution in [2.24, 2.45) is 0 Å². The van der Waals surface area contributed by atoms with Crippen molar-refractivity contribution in [3.8, 4) is 6.07 Å². The van der Waals surface area contributed by atoms with Crippen LogP contribution in [0.5, 0.6) is 0 Å². The first-order chi connectivity index (χ1) is 7.28. The maximum Gasteiger partial charge on any atom is 0.281 e. The summed E-state index contributed by atoms with van der Waals surface area (Å²) in [6.07, 6.45) is 1.57. The van der Waals surface area contributed by atoms with E-state index in [4.69, 9.17) is 9.68 Å². The minimum Gasteiger partial charge on any atom is -0.416 e. The van der Waals surface area contributed by atoms with Crippen LogP contribution in [-0.2, 0) is 0 Å². The Kier molecular flexibility index (Phi) is 2.65. The highest BCUT2D eigenvalue weighted by atomic mass is 32.2. The van der Waals surface area contributed by atoms with E-state index >= 15 is 0 Å². The lowest BCUT2D eigenvalue weighted by Crippen LogP contribution is -1.81.